The molecule has 0 atom stereocenters. The first-order valence-electron chi connectivity index (χ1n) is 5.59. The van der Waals surface area contributed by atoms with Gasteiger partial charge in [0, 0.05) is 31.5 Å². The Morgan fingerprint density at radius 3 is 2.72 bits per heavy atom. The van der Waals surface area contributed by atoms with Gasteiger partial charge in [0.15, 0.2) is 0 Å². The predicted molar refractivity (Wildman–Crippen MR) is 72.6 cm³/mol. The minimum Gasteiger partial charge on any atom is -0.481 e. The molecule has 1 heterocycles. The van der Waals surface area contributed by atoms with Crippen LogP contribution in [0.1, 0.15) is 0 Å². The lowest BCUT2D eigenvalue weighted by molar-refractivity contribution is 0.397. The number of hydrogen-bond donors (Lipinski definition) is 1. The molecule has 0 spiro atoms. The van der Waals surface area contributed by atoms with Crippen molar-refractivity contribution in [1.82, 2.24) is 9.97 Å². The largest absolute Gasteiger partial charge is 0.481 e. The van der Waals surface area contributed by atoms with Crippen LogP contribution < -0.4 is 15.0 Å². The highest BCUT2D eigenvalue weighted by atomic mass is 16.5. The SMILES string of the molecule is COc1cc(Nc2cccc(N(C)C)c2)ncn1. The first-order chi connectivity index (χ1) is 8.69. The van der Waals surface area contributed by atoms with Gasteiger partial charge in [-0.25, -0.2) is 9.97 Å². The lowest BCUT2D eigenvalue weighted by Gasteiger charge is -2.14. The summed E-state index contributed by atoms with van der Waals surface area (Å²) < 4.78 is 5.06. The first-order valence-corrected chi connectivity index (χ1v) is 5.59. The summed E-state index contributed by atoms with van der Waals surface area (Å²) in [6.07, 6.45) is 1.47. The summed E-state index contributed by atoms with van der Waals surface area (Å²) in [5.74, 6) is 1.24. The Kier molecular flexibility index (Phi) is 3.62. The van der Waals surface area contributed by atoms with Crippen LogP contribution in [0.5, 0.6) is 5.88 Å². The van der Waals surface area contributed by atoms with E-state index in [1.54, 1.807) is 13.2 Å². The van der Waals surface area contributed by atoms with Gasteiger partial charge in [0.25, 0.3) is 0 Å². The average molecular weight is 244 g/mol. The van der Waals surface area contributed by atoms with Gasteiger partial charge in [0.1, 0.15) is 12.1 Å². The third-order valence-corrected chi connectivity index (χ3v) is 2.49. The van der Waals surface area contributed by atoms with E-state index in [2.05, 4.69) is 21.4 Å². The fraction of sp³-hybridized carbons (Fsp3) is 0.231. The van der Waals surface area contributed by atoms with E-state index in [4.69, 9.17) is 4.74 Å². The number of nitrogens with one attached hydrogen (secondary N) is 1. The van der Waals surface area contributed by atoms with E-state index in [0.717, 1.165) is 11.4 Å². The maximum atomic E-state index is 5.06. The maximum absolute atomic E-state index is 5.06. The molecule has 5 heteroatoms. The van der Waals surface area contributed by atoms with Crippen molar-refractivity contribution >= 4 is 17.2 Å². The molecule has 18 heavy (non-hydrogen) atoms. The van der Waals surface area contributed by atoms with Crippen molar-refractivity contribution in [1.29, 1.82) is 0 Å². The molecule has 0 fully saturated rings. The summed E-state index contributed by atoms with van der Waals surface area (Å²) in [7, 11) is 5.60. The second kappa shape index (κ2) is 5.35. The van der Waals surface area contributed by atoms with Crippen molar-refractivity contribution in [2.24, 2.45) is 0 Å². The van der Waals surface area contributed by atoms with Gasteiger partial charge in [0.2, 0.25) is 5.88 Å². The van der Waals surface area contributed by atoms with E-state index in [0.29, 0.717) is 11.7 Å². The molecule has 0 aliphatic carbocycles. The van der Waals surface area contributed by atoms with Crippen molar-refractivity contribution in [3.05, 3.63) is 36.7 Å². The monoisotopic (exact) mass is 244 g/mol. The number of benzene rings is 1. The average Bonchev–Trinajstić information content (AvgIpc) is 2.39. The molecule has 2 aromatic rings. The van der Waals surface area contributed by atoms with Crippen LogP contribution in [0.4, 0.5) is 17.2 Å². The minimum atomic E-state index is 0.538. The van der Waals surface area contributed by atoms with Gasteiger partial charge in [-0.1, -0.05) is 6.07 Å². The second-order valence-electron chi connectivity index (χ2n) is 4.02. The smallest absolute Gasteiger partial charge is 0.218 e. The zero-order chi connectivity index (χ0) is 13.0. The number of ether oxygens (including phenoxy) is 1. The predicted octanol–water partition coefficient (Wildman–Crippen LogP) is 2.29. The molecule has 2 rings (SSSR count). The molecule has 1 N–H and O–H groups in total. The molecule has 0 amide bonds. The van der Waals surface area contributed by atoms with Crippen LogP contribution in [0, 0.1) is 0 Å². The fourth-order valence-corrected chi connectivity index (χ4v) is 1.53. The summed E-state index contributed by atoms with van der Waals surface area (Å²) in [4.78, 5) is 10.2. The second-order valence-corrected chi connectivity index (χ2v) is 4.02. The van der Waals surface area contributed by atoms with Crippen LogP contribution in [-0.4, -0.2) is 31.2 Å². The van der Waals surface area contributed by atoms with Gasteiger partial charge in [-0.05, 0) is 18.2 Å². The van der Waals surface area contributed by atoms with Crippen LogP contribution in [0.25, 0.3) is 0 Å². The Balaban J connectivity index is 2.20. The molecule has 0 aliphatic rings. The van der Waals surface area contributed by atoms with Crippen molar-refractivity contribution in [2.75, 3.05) is 31.4 Å². The van der Waals surface area contributed by atoms with Crippen molar-refractivity contribution < 1.29 is 4.74 Å². The Labute approximate surface area is 106 Å². The van der Waals surface area contributed by atoms with Crippen molar-refractivity contribution in [2.45, 2.75) is 0 Å². The zero-order valence-electron chi connectivity index (χ0n) is 10.7. The molecule has 0 aliphatic heterocycles. The van der Waals surface area contributed by atoms with Crippen LogP contribution in [0.2, 0.25) is 0 Å². The van der Waals surface area contributed by atoms with E-state index >= 15 is 0 Å². The molecule has 0 bridgehead atoms. The standard InChI is InChI=1S/C13H16N4O/c1-17(2)11-6-4-5-10(7-11)16-12-8-13(18-3)15-9-14-12/h4-9H,1-3H3,(H,14,15,16). The quantitative estimate of drug-likeness (QED) is 0.894. The number of anilines is 3. The summed E-state index contributed by atoms with van der Waals surface area (Å²) in [5, 5.41) is 3.22. The summed E-state index contributed by atoms with van der Waals surface area (Å²) >= 11 is 0. The summed E-state index contributed by atoms with van der Waals surface area (Å²) in [6, 6.07) is 9.83. The van der Waals surface area contributed by atoms with Crippen LogP contribution in [-0.2, 0) is 0 Å². The maximum Gasteiger partial charge on any atom is 0.218 e. The summed E-state index contributed by atoms with van der Waals surface area (Å²) in [5.41, 5.74) is 2.10. The molecular formula is C13H16N4O. The number of methoxy groups -OCH3 is 1. The molecule has 0 saturated heterocycles. The Bertz CT molecular complexity index is 528. The van der Waals surface area contributed by atoms with E-state index in [1.165, 1.54) is 6.33 Å². The van der Waals surface area contributed by atoms with E-state index < -0.39 is 0 Å². The number of aromatic nitrogens is 2. The molecule has 0 saturated carbocycles. The Morgan fingerprint density at radius 1 is 1.17 bits per heavy atom. The molecule has 1 aromatic heterocycles. The van der Waals surface area contributed by atoms with Crippen LogP contribution in [0.3, 0.4) is 0 Å². The molecule has 0 radical (unpaired) electrons. The number of nitrogens with zero attached hydrogens (tertiary/aromatic N) is 3. The highest BCUT2D eigenvalue weighted by Gasteiger charge is 2.01. The third-order valence-electron chi connectivity index (χ3n) is 2.49. The first kappa shape index (κ1) is 12.2. The molecular weight excluding hydrogens is 228 g/mol. The Morgan fingerprint density at radius 2 is 2.00 bits per heavy atom. The van der Waals surface area contributed by atoms with Crippen molar-refractivity contribution in [3.63, 3.8) is 0 Å². The fourth-order valence-electron chi connectivity index (χ4n) is 1.53. The topological polar surface area (TPSA) is 50.3 Å². The van der Waals surface area contributed by atoms with Crippen LogP contribution in [0.15, 0.2) is 36.7 Å². The molecule has 1 aromatic carbocycles. The van der Waals surface area contributed by atoms with E-state index in [-0.39, 0.29) is 0 Å². The van der Waals surface area contributed by atoms with Gasteiger partial charge in [0.05, 0.1) is 7.11 Å². The van der Waals surface area contributed by atoms with Gasteiger partial charge in [-0.15, -0.1) is 0 Å². The lowest BCUT2D eigenvalue weighted by atomic mass is 10.2. The number of rotatable bonds is 4. The Hall–Kier alpha value is -2.30. The lowest BCUT2D eigenvalue weighted by Crippen LogP contribution is -2.08. The highest BCUT2D eigenvalue weighted by molar-refractivity contribution is 5.63. The zero-order valence-corrected chi connectivity index (χ0v) is 10.7. The van der Waals surface area contributed by atoms with Gasteiger partial charge in [-0.2, -0.15) is 0 Å². The van der Waals surface area contributed by atoms with E-state index in [9.17, 15) is 0 Å². The van der Waals surface area contributed by atoms with Gasteiger partial charge < -0.3 is 15.0 Å². The van der Waals surface area contributed by atoms with Gasteiger partial charge >= 0.3 is 0 Å². The van der Waals surface area contributed by atoms with Crippen LogP contribution >= 0.6 is 0 Å². The molecule has 94 valence electrons. The third kappa shape index (κ3) is 2.88. The van der Waals surface area contributed by atoms with Gasteiger partial charge in [-0.3, -0.25) is 0 Å². The number of hydrogen-bond acceptors (Lipinski definition) is 5. The van der Waals surface area contributed by atoms with Crippen molar-refractivity contribution in [3.8, 4) is 5.88 Å². The highest BCUT2D eigenvalue weighted by Crippen LogP contribution is 2.21. The molecule has 5 nitrogen and oxygen atoms in total. The minimum absolute atomic E-state index is 0.538. The summed E-state index contributed by atoms with van der Waals surface area (Å²) in [6.45, 7) is 0. The normalized spacial score (nSPS) is 9.94. The molecule has 0 unspecified atom stereocenters. The van der Waals surface area contributed by atoms with E-state index in [1.807, 2.05) is 37.2 Å².